The minimum Gasteiger partial charge on any atom is -0.497 e. The van der Waals surface area contributed by atoms with E-state index in [1.54, 1.807) is 31.4 Å². The molecule has 7 nitrogen and oxygen atoms in total. The first-order valence-corrected chi connectivity index (χ1v) is 12.2. The number of aromatic nitrogens is 2. The lowest BCUT2D eigenvalue weighted by Crippen LogP contribution is -2.23. The Kier molecular flexibility index (Phi) is 7.09. The molecule has 0 bridgehead atoms. The minimum absolute atomic E-state index is 0.232. The summed E-state index contributed by atoms with van der Waals surface area (Å²) in [4.78, 5) is 24.1. The van der Waals surface area contributed by atoms with E-state index < -0.39 is 5.82 Å². The molecule has 1 unspecified atom stereocenters. The first kappa shape index (κ1) is 24.4. The average Bonchev–Trinajstić information content (AvgIpc) is 3.33. The van der Waals surface area contributed by atoms with Crippen molar-refractivity contribution in [2.24, 2.45) is 0 Å². The highest BCUT2D eigenvalue weighted by molar-refractivity contribution is 6.11. The van der Waals surface area contributed by atoms with Crippen LogP contribution in [-0.2, 0) is 4.79 Å². The third kappa shape index (κ3) is 5.29. The van der Waals surface area contributed by atoms with E-state index in [-0.39, 0.29) is 17.6 Å². The summed E-state index contributed by atoms with van der Waals surface area (Å²) >= 11 is 0. The van der Waals surface area contributed by atoms with Gasteiger partial charge in [0.05, 0.1) is 23.7 Å². The van der Waals surface area contributed by atoms with Crippen LogP contribution in [0.25, 0.3) is 22.0 Å². The van der Waals surface area contributed by atoms with Crippen molar-refractivity contribution in [2.75, 3.05) is 31.3 Å². The van der Waals surface area contributed by atoms with Crippen LogP contribution in [0.5, 0.6) is 5.75 Å². The molecule has 3 aromatic carbocycles. The van der Waals surface area contributed by atoms with Crippen LogP contribution >= 0.6 is 0 Å². The van der Waals surface area contributed by atoms with Crippen LogP contribution in [0.3, 0.4) is 0 Å². The topological polar surface area (TPSA) is 79.4 Å². The minimum atomic E-state index is -0.399. The van der Waals surface area contributed by atoms with E-state index in [0.29, 0.717) is 33.7 Å². The molecule has 1 aliphatic heterocycles. The van der Waals surface area contributed by atoms with Gasteiger partial charge in [0.25, 0.3) is 0 Å². The number of fused-ring (bicyclic) bond motifs is 1. The number of halogens is 1. The molecular formula is C29H28FN5O2. The number of carbonyl (C=O) groups excluding carboxylic acids is 1. The number of nitrogens with one attached hydrogen (secondary N) is 2. The number of amides is 1. The van der Waals surface area contributed by atoms with Crippen molar-refractivity contribution in [2.45, 2.75) is 18.9 Å². The van der Waals surface area contributed by atoms with Crippen molar-refractivity contribution < 1.29 is 13.9 Å². The molecule has 1 aromatic heterocycles. The van der Waals surface area contributed by atoms with Crippen LogP contribution in [0.1, 0.15) is 12.8 Å². The molecule has 0 spiro atoms. The van der Waals surface area contributed by atoms with Crippen LogP contribution in [0.15, 0.2) is 79.1 Å². The summed E-state index contributed by atoms with van der Waals surface area (Å²) in [6.07, 6.45) is 7.12. The number of methoxy groups -OCH3 is 1. The number of para-hydroxylation sites is 1. The smallest absolute Gasteiger partial charge is 0.248 e. The second-order valence-electron chi connectivity index (χ2n) is 8.98. The third-order valence-electron chi connectivity index (χ3n) is 6.59. The second-order valence-corrected chi connectivity index (χ2v) is 8.98. The summed E-state index contributed by atoms with van der Waals surface area (Å²) in [6, 6.07) is 17.8. The summed E-state index contributed by atoms with van der Waals surface area (Å²) in [5.74, 6) is 0.455. The maximum atomic E-state index is 14.5. The Morgan fingerprint density at radius 2 is 1.97 bits per heavy atom. The number of anilines is 3. The fourth-order valence-corrected chi connectivity index (χ4v) is 4.67. The van der Waals surface area contributed by atoms with Gasteiger partial charge in [0.2, 0.25) is 5.91 Å². The Hall–Kier alpha value is -4.30. The number of likely N-dealkylation sites (tertiary alicyclic amines) is 1. The zero-order chi connectivity index (χ0) is 25.8. The second kappa shape index (κ2) is 10.8. The van der Waals surface area contributed by atoms with Crippen LogP contribution in [-0.4, -0.2) is 47.5 Å². The van der Waals surface area contributed by atoms with E-state index in [2.05, 4.69) is 32.5 Å². The van der Waals surface area contributed by atoms with Gasteiger partial charge in [0, 0.05) is 23.4 Å². The van der Waals surface area contributed by atoms with Crippen molar-refractivity contribution >= 4 is 34.0 Å². The molecule has 0 aliphatic carbocycles. The Labute approximate surface area is 215 Å². The van der Waals surface area contributed by atoms with E-state index in [9.17, 15) is 9.18 Å². The van der Waals surface area contributed by atoms with Crippen LogP contribution in [0, 0.1) is 5.82 Å². The predicted molar refractivity (Wildman–Crippen MR) is 145 cm³/mol. The molecule has 1 saturated heterocycles. The zero-order valence-electron chi connectivity index (χ0n) is 20.7. The number of likely N-dealkylation sites (N-methyl/N-ethyl adjacent to an activating group) is 1. The quantitative estimate of drug-likeness (QED) is 0.315. The van der Waals surface area contributed by atoms with Crippen molar-refractivity contribution in [3.05, 3.63) is 85.0 Å². The Balaban J connectivity index is 1.61. The molecule has 8 heteroatoms. The molecule has 1 fully saturated rings. The molecule has 1 amide bonds. The molecule has 1 atom stereocenters. The largest absolute Gasteiger partial charge is 0.497 e. The predicted octanol–water partition coefficient (Wildman–Crippen LogP) is 5.78. The monoisotopic (exact) mass is 497 g/mol. The lowest BCUT2D eigenvalue weighted by Gasteiger charge is -2.17. The number of ether oxygens (including phenoxy) is 1. The van der Waals surface area contributed by atoms with Gasteiger partial charge in [-0.1, -0.05) is 30.3 Å². The van der Waals surface area contributed by atoms with Gasteiger partial charge in [-0.25, -0.2) is 14.4 Å². The fourth-order valence-electron chi connectivity index (χ4n) is 4.67. The highest BCUT2D eigenvalue weighted by atomic mass is 19.1. The molecule has 1 aliphatic rings. The van der Waals surface area contributed by atoms with Crippen molar-refractivity contribution in [3.8, 4) is 16.9 Å². The molecular weight excluding hydrogens is 469 g/mol. The average molecular weight is 498 g/mol. The fraction of sp³-hybridized carbons (Fsp3) is 0.207. The van der Waals surface area contributed by atoms with Gasteiger partial charge in [-0.15, -0.1) is 0 Å². The number of hydrogen-bond donors (Lipinski definition) is 2. The van der Waals surface area contributed by atoms with E-state index >= 15 is 0 Å². The van der Waals surface area contributed by atoms with Crippen molar-refractivity contribution in [3.63, 3.8) is 0 Å². The number of hydrogen-bond acceptors (Lipinski definition) is 6. The van der Waals surface area contributed by atoms with E-state index in [1.807, 2.05) is 42.5 Å². The van der Waals surface area contributed by atoms with Gasteiger partial charge < -0.3 is 15.4 Å². The lowest BCUT2D eigenvalue weighted by atomic mass is 9.98. The molecule has 0 saturated carbocycles. The molecule has 37 heavy (non-hydrogen) atoms. The standard InChI is InChI=1S/C29H28FN5O2/c1-35-16-6-8-20(35)12-15-26(36)33-25-14-13-24-28(27(25)19-7-5-9-21(17-19)37-2)29(32-18-31-24)34-23-11-4-3-10-22(23)30/h3-5,7,9-15,17-18,20H,6,8,16H2,1-2H3,(H,33,36)(H,31,32,34)/b15-12+. The molecule has 0 radical (unpaired) electrons. The summed E-state index contributed by atoms with van der Waals surface area (Å²) in [5, 5.41) is 6.80. The molecule has 188 valence electrons. The van der Waals surface area contributed by atoms with Gasteiger partial charge >= 0.3 is 0 Å². The van der Waals surface area contributed by atoms with E-state index in [4.69, 9.17) is 4.74 Å². The maximum Gasteiger partial charge on any atom is 0.248 e. The van der Waals surface area contributed by atoms with Crippen LogP contribution < -0.4 is 15.4 Å². The Bertz CT molecular complexity index is 1470. The van der Waals surface area contributed by atoms with Gasteiger partial charge in [-0.3, -0.25) is 9.69 Å². The highest BCUT2D eigenvalue weighted by Crippen LogP contribution is 2.40. The maximum absolute atomic E-state index is 14.5. The summed E-state index contributed by atoms with van der Waals surface area (Å²) in [5.41, 5.74) is 3.02. The summed E-state index contributed by atoms with van der Waals surface area (Å²) in [7, 11) is 3.66. The number of rotatable bonds is 7. The van der Waals surface area contributed by atoms with Crippen LogP contribution in [0.2, 0.25) is 0 Å². The summed E-state index contributed by atoms with van der Waals surface area (Å²) in [6.45, 7) is 1.03. The van der Waals surface area contributed by atoms with Crippen molar-refractivity contribution in [1.29, 1.82) is 0 Å². The highest BCUT2D eigenvalue weighted by Gasteiger charge is 2.20. The van der Waals surface area contributed by atoms with Gasteiger partial charge in [-0.05, 0) is 68.4 Å². The van der Waals surface area contributed by atoms with E-state index in [0.717, 1.165) is 24.9 Å². The van der Waals surface area contributed by atoms with Gasteiger partial charge in [0.1, 0.15) is 23.7 Å². The van der Waals surface area contributed by atoms with Crippen LogP contribution in [0.4, 0.5) is 21.6 Å². The molecule has 4 aromatic rings. The first-order valence-electron chi connectivity index (χ1n) is 12.2. The molecule has 2 N–H and O–H groups in total. The zero-order valence-corrected chi connectivity index (χ0v) is 20.7. The third-order valence-corrected chi connectivity index (χ3v) is 6.59. The molecule has 5 rings (SSSR count). The number of carbonyl (C=O) groups is 1. The number of nitrogens with zero attached hydrogens (tertiary/aromatic N) is 3. The van der Waals surface area contributed by atoms with Gasteiger partial charge in [-0.2, -0.15) is 0 Å². The SMILES string of the molecule is COc1cccc(-c2c(NC(=O)/C=C/C3CCCN3C)ccc3ncnc(Nc4ccccc4F)c23)c1. The Morgan fingerprint density at radius 1 is 1.11 bits per heavy atom. The normalized spacial score (nSPS) is 15.8. The number of benzene rings is 3. The van der Waals surface area contributed by atoms with E-state index in [1.165, 1.54) is 12.4 Å². The van der Waals surface area contributed by atoms with Crippen molar-refractivity contribution in [1.82, 2.24) is 14.9 Å². The lowest BCUT2D eigenvalue weighted by molar-refractivity contribution is -0.111. The summed E-state index contributed by atoms with van der Waals surface area (Å²) < 4.78 is 20.0. The Morgan fingerprint density at radius 3 is 2.76 bits per heavy atom. The first-order chi connectivity index (χ1) is 18.0. The van der Waals surface area contributed by atoms with Gasteiger partial charge in [0.15, 0.2) is 0 Å². The molecule has 2 heterocycles.